The lowest BCUT2D eigenvalue weighted by Gasteiger charge is -2.34. The molecule has 0 saturated carbocycles. The molecule has 1 fully saturated rings. The third-order valence-corrected chi connectivity index (χ3v) is 5.21. The van der Waals surface area contributed by atoms with Crippen LogP contribution in [0.1, 0.15) is 23.6 Å². The second kappa shape index (κ2) is 5.64. The fourth-order valence-electron chi connectivity index (χ4n) is 3.04. The Kier molecular flexibility index (Phi) is 3.92. The summed E-state index contributed by atoms with van der Waals surface area (Å²) in [5.74, 6) is 2.46. The molecule has 3 rings (SSSR count). The summed E-state index contributed by atoms with van der Waals surface area (Å²) in [5.41, 5.74) is 3.14. The quantitative estimate of drug-likeness (QED) is 0.768. The lowest BCUT2D eigenvalue weighted by molar-refractivity contribution is 0.219. The predicted octanol–water partition coefficient (Wildman–Crippen LogP) is 2.61. The van der Waals surface area contributed by atoms with Crippen LogP contribution < -0.4 is 0 Å². The van der Waals surface area contributed by atoms with Crippen molar-refractivity contribution in [2.45, 2.75) is 18.2 Å². The molecule has 0 unspecified atom stereocenters. The van der Waals surface area contributed by atoms with Gasteiger partial charge in [0.2, 0.25) is 0 Å². The van der Waals surface area contributed by atoms with Gasteiger partial charge in [0.1, 0.15) is 0 Å². The first-order chi connectivity index (χ1) is 8.84. The molecular weight excluding hydrogens is 240 g/mol. The molecule has 1 aromatic carbocycles. The van der Waals surface area contributed by atoms with Gasteiger partial charge < -0.3 is 4.90 Å². The Morgan fingerprint density at radius 2 is 2.00 bits per heavy atom. The van der Waals surface area contributed by atoms with Crippen molar-refractivity contribution in [3.05, 3.63) is 35.4 Å². The van der Waals surface area contributed by atoms with Gasteiger partial charge in [-0.05, 0) is 31.1 Å². The van der Waals surface area contributed by atoms with E-state index in [-0.39, 0.29) is 0 Å². The van der Waals surface area contributed by atoms with Crippen LogP contribution in [0.2, 0.25) is 0 Å². The number of hydrogen-bond donors (Lipinski definition) is 0. The first-order valence-electron chi connectivity index (χ1n) is 6.93. The van der Waals surface area contributed by atoms with Crippen LogP contribution in [-0.2, 0) is 5.75 Å². The molecule has 0 radical (unpaired) electrons. The van der Waals surface area contributed by atoms with Gasteiger partial charge in [-0.3, -0.25) is 4.90 Å². The molecular formula is C15H22N2S. The van der Waals surface area contributed by atoms with E-state index in [0.29, 0.717) is 6.04 Å². The molecule has 0 N–H and O–H groups in total. The summed E-state index contributed by atoms with van der Waals surface area (Å²) in [6.07, 6.45) is 1.31. The highest BCUT2D eigenvalue weighted by Gasteiger charge is 2.26. The first kappa shape index (κ1) is 12.5. The normalized spacial score (nSPS) is 26.6. The van der Waals surface area contributed by atoms with E-state index in [1.54, 1.807) is 11.1 Å². The maximum absolute atomic E-state index is 2.70. The fraction of sp³-hybridized carbons (Fsp3) is 0.600. The molecule has 1 atom stereocenters. The molecule has 0 amide bonds. The largest absolute Gasteiger partial charge is 0.305 e. The number of nitrogens with zero attached hydrogens (tertiary/aromatic N) is 2. The van der Waals surface area contributed by atoms with Crippen molar-refractivity contribution in [2.24, 2.45) is 0 Å². The minimum Gasteiger partial charge on any atom is -0.305 e. The number of thioether (sulfide) groups is 1. The minimum absolute atomic E-state index is 0.645. The van der Waals surface area contributed by atoms with Gasteiger partial charge in [0.05, 0.1) is 0 Å². The van der Waals surface area contributed by atoms with E-state index in [2.05, 4.69) is 52.9 Å². The average molecular weight is 262 g/mol. The molecule has 0 aliphatic carbocycles. The highest BCUT2D eigenvalue weighted by Crippen LogP contribution is 2.35. The monoisotopic (exact) mass is 262 g/mol. The van der Waals surface area contributed by atoms with Gasteiger partial charge in [0.15, 0.2) is 0 Å². The van der Waals surface area contributed by atoms with Crippen molar-refractivity contribution >= 4 is 11.8 Å². The van der Waals surface area contributed by atoms with E-state index in [1.165, 1.54) is 44.1 Å². The molecule has 1 saturated heterocycles. The highest BCUT2D eigenvalue weighted by atomic mass is 32.2. The first-order valence-corrected chi connectivity index (χ1v) is 8.08. The highest BCUT2D eigenvalue weighted by molar-refractivity contribution is 7.98. The van der Waals surface area contributed by atoms with E-state index in [0.717, 1.165) is 0 Å². The number of likely N-dealkylation sites (N-methyl/N-ethyl adjacent to an activating group) is 1. The molecule has 18 heavy (non-hydrogen) atoms. The molecule has 0 bridgehead atoms. The van der Waals surface area contributed by atoms with Crippen LogP contribution in [0.5, 0.6) is 0 Å². The predicted molar refractivity (Wildman–Crippen MR) is 79.0 cm³/mol. The maximum Gasteiger partial charge on any atom is 0.0442 e. The third-order valence-electron chi connectivity index (χ3n) is 4.14. The summed E-state index contributed by atoms with van der Waals surface area (Å²) >= 11 is 2.09. The molecule has 1 aromatic rings. The Labute approximate surface area is 114 Å². The molecule has 98 valence electrons. The Morgan fingerprint density at radius 3 is 2.94 bits per heavy atom. The van der Waals surface area contributed by atoms with Crippen molar-refractivity contribution < 1.29 is 0 Å². The fourth-order valence-corrected chi connectivity index (χ4v) is 4.26. The second-order valence-electron chi connectivity index (χ2n) is 5.42. The van der Waals surface area contributed by atoms with Crippen LogP contribution in [0.3, 0.4) is 0 Å². The molecule has 2 aliphatic heterocycles. The summed E-state index contributed by atoms with van der Waals surface area (Å²) in [6.45, 7) is 4.93. The topological polar surface area (TPSA) is 6.48 Å². The summed E-state index contributed by atoms with van der Waals surface area (Å²) in [5, 5.41) is 0. The summed E-state index contributed by atoms with van der Waals surface area (Å²) in [6, 6.07) is 9.67. The minimum atomic E-state index is 0.645. The average Bonchev–Trinajstić information content (AvgIpc) is 2.63. The zero-order valence-corrected chi connectivity index (χ0v) is 12.0. The van der Waals surface area contributed by atoms with Crippen molar-refractivity contribution in [3.63, 3.8) is 0 Å². The van der Waals surface area contributed by atoms with Crippen LogP contribution in [0.25, 0.3) is 0 Å². The summed E-state index contributed by atoms with van der Waals surface area (Å²) < 4.78 is 0. The summed E-state index contributed by atoms with van der Waals surface area (Å²) in [4.78, 5) is 5.16. The Balaban J connectivity index is 1.80. The molecule has 3 heteroatoms. The van der Waals surface area contributed by atoms with Crippen LogP contribution >= 0.6 is 11.8 Å². The van der Waals surface area contributed by atoms with Gasteiger partial charge in [-0.1, -0.05) is 24.3 Å². The standard InChI is InChI=1S/C15H22N2S/c1-16-7-4-8-17(10-9-16)15-12-18-11-13-5-2-3-6-14(13)15/h2-3,5-6,15H,4,7-12H2,1H3/t15-/m1/s1. The van der Waals surface area contributed by atoms with Crippen molar-refractivity contribution in [1.82, 2.24) is 9.80 Å². The molecule has 0 aromatic heterocycles. The van der Waals surface area contributed by atoms with Crippen molar-refractivity contribution in [1.29, 1.82) is 0 Å². The van der Waals surface area contributed by atoms with E-state index in [9.17, 15) is 0 Å². The third kappa shape index (κ3) is 2.58. The number of hydrogen-bond acceptors (Lipinski definition) is 3. The Hall–Kier alpha value is -0.510. The van der Waals surface area contributed by atoms with E-state index >= 15 is 0 Å². The zero-order chi connectivity index (χ0) is 12.4. The van der Waals surface area contributed by atoms with Crippen molar-refractivity contribution in [3.8, 4) is 0 Å². The van der Waals surface area contributed by atoms with E-state index in [4.69, 9.17) is 0 Å². The van der Waals surface area contributed by atoms with E-state index < -0.39 is 0 Å². The van der Waals surface area contributed by atoms with Crippen molar-refractivity contribution in [2.75, 3.05) is 39.0 Å². The van der Waals surface area contributed by atoms with Gasteiger partial charge in [-0.2, -0.15) is 11.8 Å². The summed E-state index contributed by atoms with van der Waals surface area (Å²) in [7, 11) is 2.24. The maximum atomic E-state index is 2.70. The SMILES string of the molecule is CN1CCCN([C@@H]2CSCc3ccccc32)CC1. The smallest absolute Gasteiger partial charge is 0.0442 e. The van der Waals surface area contributed by atoms with Crippen LogP contribution in [0.15, 0.2) is 24.3 Å². The van der Waals surface area contributed by atoms with Crippen LogP contribution in [0.4, 0.5) is 0 Å². The number of rotatable bonds is 1. The second-order valence-corrected chi connectivity index (χ2v) is 6.45. The van der Waals surface area contributed by atoms with Crippen LogP contribution in [0, 0.1) is 0 Å². The number of fused-ring (bicyclic) bond motifs is 1. The molecule has 2 aliphatic rings. The zero-order valence-electron chi connectivity index (χ0n) is 11.1. The lowest BCUT2D eigenvalue weighted by atomic mass is 10.0. The lowest BCUT2D eigenvalue weighted by Crippen LogP contribution is -2.35. The Morgan fingerprint density at radius 1 is 1.11 bits per heavy atom. The number of benzene rings is 1. The van der Waals surface area contributed by atoms with E-state index in [1.807, 2.05) is 0 Å². The Bertz CT molecular complexity index is 407. The molecule has 0 spiro atoms. The van der Waals surface area contributed by atoms with Gasteiger partial charge in [0, 0.05) is 37.2 Å². The van der Waals surface area contributed by atoms with Crippen LogP contribution in [-0.4, -0.2) is 48.8 Å². The van der Waals surface area contributed by atoms with Gasteiger partial charge in [0.25, 0.3) is 0 Å². The van der Waals surface area contributed by atoms with Gasteiger partial charge in [-0.25, -0.2) is 0 Å². The van der Waals surface area contributed by atoms with Gasteiger partial charge in [-0.15, -0.1) is 0 Å². The molecule has 2 heterocycles. The van der Waals surface area contributed by atoms with Gasteiger partial charge >= 0.3 is 0 Å². The molecule has 2 nitrogen and oxygen atoms in total.